The predicted octanol–water partition coefficient (Wildman–Crippen LogP) is 2.83. The molecule has 0 aromatic carbocycles. The summed E-state index contributed by atoms with van der Waals surface area (Å²) in [7, 11) is 0. The van der Waals surface area contributed by atoms with Crippen molar-refractivity contribution in [3.8, 4) is 0 Å². The van der Waals surface area contributed by atoms with Crippen LogP contribution in [0.4, 0.5) is 0 Å². The summed E-state index contributed by atoms with van der Waals surface area (Å²) in [5.41, 5.74) is 5.92. The number of nitrogens with two attached hydrogens (primary N) is 1. The Hall–Kier alpha value is -0.420. The quantitative estimate of drug-likeness (QED) is 0.866. The normalized spacial score (nSPS) is 17.5. The third kappa shape index (κ3) is 4.05. The van der Waals surface area contributed by atoms with E-state index in [1.165, 1.54) is 4.88 Å². The summed E-state index contributed by atoms with van der Waals surface area (Å²) in [4.78, 5) is 2.46. The number of thiophene rings is 1. The smallest absolute Gasteiger partial charge is 0.104 e. The van der Waals surface area contributed by atoms with Crippen LogP contribution in [-0.4, -0.2) is 23.9 Å². The van der Waals surface area contributed by atoms with Gasteiger partial charge in [-0.05, 0) is 31.4 Å². The van der Waals surface area contributed by atoms with E-state index in [0.717, 1.165) is 4.88 Å². The van der Waals surface area contributed by atoms with Crippen molar-refractivity contribution in [3.05, 3.63) is 21.9 Å². The number of hydrogen-bond acceptors (Lipinski definition) is 4. The maximum absolute atomic E-state index is 9.48. The number of hydrogen-bond donors (Lipinski definition) is 2. The average molecular weight is 271 g/mol. The molecule has 1 aromatic heterocycles. The van der Waals surface area contributed by atoms with Crippen LogP contribution in [0.5, 0.6) is 0 Å². The fraction of sp³-hybridized carbons (Fsp3) is 0.714. The monoisotopic (exact) mass is 271 g/mol. The minimum absolute atomic E-state index is 0.129. The van der Waals surface area contributed by atoms with Crippen LogP contribution < -0.4 is 5.73 Å². The number of aliphatic hydroxyl groups is 1. The third-order valence-electron chi connectivity index (χ3n) is 2.96. The summed E-state index contributed by atoms with van der Waals surface area (Å²) in [6, 6.07) is 4.22. The van der Waals surface area contributed by atoms with Gasteiger partial charge in [-0.15, -0.1) is 11.3 Å². The fourth-order valence-electron chi connectivity index (χ4n) is 1.54. The fourth-order valence-corrected chi connectivity index (χ4v) is 2.66. The van der Waals surface area contributed by atoms with Gasteiger partial charge in [0.15, 0.2) is 0 Å². The Morgan fingerprint density at radius 1 is 1.33 bits per heavy atom. The molecule has 0 spiro atoms. The SMILES string of the molecule is CC(O)C(C)OC(CN)c1ccc(C(C)(C)C)s1. The second kappa shape index (κ2) is 6.15. The van der Waals surface area contributed by atoms with E-state index in [1.807, 2.05) is 6.92 Å². The van der Waals surface area contributed by atoms with E-state index in [1.54, 1.807) is 18.3 Å². The molecule has 4 heteroatoms. The van der Waals surface area contributed by atoms with E-state index in [2.05, 4.69) is 32.9 Å². The first-order valence-corrected chi connectivity index (χ1v) is 7.21. The highest BCUT2D eigenvalue weighted by molar-refractivity contribution is 7.12. The van der Waals surface area contributed by atoms with Gasteiger partial charge in [-0.2, -0.15) is 0 Å². The Morgan fingerprint density at radius 2 is 1.94 bits per heavy atom. The summed E-state index contributed by atoms with van der Waals surface area (Å²) in [6.45, 7) is 10.6. The van der Waals surface area contributed by atoms with Crippen molar-refractivity contribution in [1.82, 2.24) is 0 Å². The average Bonchev–Trinajstić information content (AvgIpc) is 2.73. The van der Waals surface area contributed by atoms with Crippen molar-refractivity contribution < 1.29 is 9.84 Å². The molecule has 3 unspecified atom stereocenters. The van der Waals surface area contributed by atoms with Gasteiger partial charge in [0.2, 0.25) is 0 Å². The maximum atomic E-state index is 9.48. The molecule has 0 bridgehead atoms. The lowest BCUT2D eigenvalue weighted by Gasteiger charge is -2.22. The Balaban J connectivity index is 2.80. The molecule has 104 valence electrons. The van der Waals surface area contributed by atoms with Crippen LogP contribution in [0.1, 0.15) is 50.5 Å². The lowest BCUT2D eigenvalue weighted by Crippen LogP contribution is -2.27. The summed E-state index contributed by atoms with van der Waals surface area (Å²) in [5, 5.41) is 9.48. The highest BCUT2D eigenvalue weighted by atomic mass is 32.1. The maximum Gasteiger partial charge on any atom is 0.104 e. The predicted molar refractivity (Wildman–Crippen MR) is 77.0 cm³/mol. The minimum Gasteiger partial charge on any atom is -0.391 e. The van der Waals surface area contributed by atoms with Crippen molar-refractivity contribution in [1.29, 1.82) is 0 Å². The molecule has 0 aliphatic heterocycles. The van der Waals surface area contributed by atoms with E-state index < -0.39 is 6.10 Å². The highest BCUT2D eigenvalue weighted by Gasteiger charge is 2.22. The van der Waals surface area contributed by atoms with Crippen molar-refractivity contribution in [2.45, 2.75) is 58.3 Å². The largest absolute Gasteiger partial charge is 0.391 e. The standard InChI is InChI=1S/C14H25NO2S/c1-9(16)10(2)17-11(8-15)12-6-7-13(18-12)14(3,4)5/h6-7,9-11,16H,8,15H2,1-5H3. The zero-order valence-corrected chi connectivity index (χ0v) is 12.8. The Bertz CT molecular complexity index is 368. The Kier molecular flexibility index (Phi) is 5.34. The van der Waals surface area contributed by atoms with E-state index in [0.29, 0.717) is 6.54 Å². The van der Waals surface area contributed by atoms with Gasteiger partial charge in [-0.25, -0.2) is 0 Å². The van der Waals surface area contributed by atoms with Gasteiger partial charge in [-0.1, -0.05) is 20.8 Å². The van der Waals surface area contributed by atoms with Gasteiger partial charge in [0.05, 0.1) is 12.2 Å². The van der Waals surface area contributed by atoms with Crippen LogP contribution in [0.25, 0.3) is 0 Å². The van der Waals surface area contributed by atoms with Gasteiger partial charge in [0.25, 0.3) is 0 Å². The highest BCUT2D eigenvalue weighted by Crippen LogP contribution is 2.33. The Labute approximate surface area is 114 Å². The van der Waals surface area contributed by atoms with Gasteiger partial charge in [-0.3, -0.25) is 0 Å². The molecule has 0 saturated carbocycles. The van der Waals surface area contributed by atoms with Crippen LogP contribution >= 0.6 is 11.3 Å². The molecule has 0 fully saturated rings. The van der Waals surface area contributed by atoms with E-state index >= 15 is 0 Å². The lowest BCUT2D eigenvalue weighted by atomic mass is 9.95. The molecular formula is C14H25NO2S. The molecular weight excluding hydrogens is 246 g/mol. The molecule has 0 radical (unpaired) electrons. The van der Waals surface area contributed by atoms with E-state index in [9.17, 15) is 5.11 Å². The van der Waals surface area contributed by atoms with Crippen LogP contribution in [0, 0.1) is 0 Å². The molecule has 18 heavy (non-hydrogen) atoms. The molecule has 0 amide bonds. The van der Waals surface area contributed by atoms with Crippen molar-refractivity contribution in [2.75, 3.05) is 6.54 Å². The second-order valence-electron chi connectivity index (χ2n) is 5.76. The summed E-state index contributed by atoms with van der Waals surface area (Å²) in [6.07, 6.45) is -0.824. The number of rotatable bonds is 5. The first-order chi connectivity index (χ1) is 8.25. The first-order valence-electron chi connectivity index (χ1n) is 6.39. The molecule has 3 atom stereocenters. The minimum atomic E-state index is -0.485. The first kappa shape index (κ1) is 15.6. The number of ether oxygens (including phenoxy) is 1. The van der Waals surface area contributed by atoms with Crippen LogP contribution in [0.3, 0.4) is 0 Å². The molecule has 1 aromatic rings. The topological polar surface area (TPSA) is 55.5 Å². The van der Waals surface area contributed by atoms with Crippen molar-refractivity contribution >= 4 is 11.3 Å². The molecule has 3 nitrogen and oxygen atoms in total. The Morgan fingerprint density at radius 3 is 2.33 bits per heavy atom. The van der Waals surface area contributed by atoms with Gasteiger partial charge in [0, 0.05) is 16.3 Å². The number of aliphatic hydroxyl groups excluding tert-OH is 1. The van der Waals surface area contributed by atoms with Crippen LogP contribution in [0.2, 0.25) is 0 Å². The molecule has 0 aliphatic carbocycles. The lowest BCUT2D eigenvalue weighted by molar-refractivity contribution is -0.0579. The van der Waals surface area contributed by atoms with Crippen molar-refractivity contribution in [3.63, 3.8) is 0 Å². The molecule has 1 heterocycles. The van der Waals surface area contributed by atoms with Crippen molar-refractivity contribution in [2.24, 2.45) is 5.73 Å². The zero-order chi connectivity index (χ0) is 13.9. The van der Waals surface area contributed by atoms with E-state index in [4.69, 9.17) is 10.5 Å². The van der Waals surface area contributed by atoms with Gasteiger partial charge < -0.3 is 15.6 Å². The molecule has 0 aliphatic rings. The molecule has 0 saturated heterocycles. The zero-order valence-electron chi connectivity index (χ0n) is 11.9. The third-order valence-corrected chi connectivity index (χ3v) is 4.56. The summed E-state index contributed by atoms with van der Waals surface area (Å²) >= 11 is 1.74. The van der Waals surface area contributed by atoms with E-state index in [-0.39, 0.29) is 17.6 Å². The van der Waals surface area contributed by atoms with Gasteiger partial charge >= 0.3 is 0 Å². The summed E-state index contributed by atoms with van der Waals surface area (Å²) < 4.78 is 5.81. The molecule has 1 rings (SSSR count). The van der Waals surface area contributed by atoms with Crippen LogP contribution in [0.15, 0.2) is 12.1 Å². The van der Waals surface area contributed by atoms with Gasteiger partial charge in [0.1, 0.15) is 6.10 Å². The second-order valence-corrected chi connectivity index (χ2v) is 6.87. The molecule has 3 N–H and O–H groups in total. The van der Waals surface area contributed by atoms with Crippen LogP contribution in [-0.2, 0) is 10.2 Å². The summed E-state index contributed by atoms with van der Waals surface area (Å²) in [5.74, 6) is 0.